The Balaban J connectivity index is 1.74. The van der Waals surface area contributed by atoms with Crippen LogP contribution in [0.25, 0.3) is 0 Å². The molecule has 6 nitrogen and oxygen atoms in total. The number of hydrogen-bond acceptors (Lipinski definition) is 3. The largest absolute Gasteiger partial charge is 0.480 e. The van der Waals surface area contributed by atoms with Gasteiger partial charge in [-0.15, -0.1) is 0 Å². The van der Waals surface area contributed by atoms with Crippen LogP contribution in [0.3, 0.4) is 0 Å². The van der Waals surface area contributed by atoms with Crippen LogP contribution in [0.1, 0.15) is 32.1 Å². The van der Waals surface area contributed by atoms with Gasteiger partial charge in [-0.05, 0) is 32.1 Å². The fourth-order valence-corrected chi connectivity index (χ4v) is 3.58. The van der Waals surface area contributed by atoms with E-state index in [1.165, 1.54) is 4.90 Å². The number of urea groups is 1. The monoisotopic (exact) mass is 268 g/mol. The van der Waals surface area contributed by atoms with Gasteiger partial charge >= 0.3 is 12.0 Å². The second-order valence-electron chi connectivity index (χ2n) is 5.57. The number of fused-ring (bicyclic) bond motifs is 1. The van der Waals surface area contributed by atoms with Crippen LogP contribution < -0.4 is 0 Å². The Morgan fingerprint density at radius 1 is 1.05 bits per heavy atom. The average Bonchev–Trinajstić information content (AvgIpc) is 3.05. The van der Waals surface area contributed by atoms with Crippen molar-refractivity contribution in [2.45, 2.75) is 50.3 Å². The predicted molar refractivity (Wildman–Crippen MR) is 66.8 cm³/mol. The number of rotatable bonds is 1. The third-order valence-corrected chi connectivity index (χ3v) is 4.51. The minimum absolute atomic E-state index is 0.106. The van der Waals surface area contributed by atoms with Gasteiger partial charge in [-0.3, -0.25) is 0 Å². The fraction of sp³-hybridized carbons (Fsp3) is 0.846. The van der Waals surface area contributed by atoms with Crippen LogP contribution in [0, 0.1) is 0 Å². The first-order valence-electron chi connectivity index (χ1n) is 7.10. The molecular weight excluding hydrogens is 248 g/mol. The Labute approximate surface area is 112 Å². The highest BCUT2D eigenvalue weighted by atomic mass is 16.5. The van der Waals surface area contributed by atoms with Crippen LogP contribution >= 0.6 is 0 Å². The molecule has 2 saturated heterocycles. The smallest absolute Gasteiger partial charge is 0.326 e. The minimum Gasteiger partial charge on any atom is -0.480 e. The predicted octanol–water partition coefficient (Wildman–Crippen LogP) is 0.909. The lowest BCUT2D eigenvalue weighted by atomic mass is 10.1. The van der Waals surface area contributed by atoms with E-state index in [-0.39, 0.29) is 18.2 Å². The average molecular weight is 268 g/mol. The Morgan fingerprint density at radius 3 is 2.68 bits per heavy atom. The highest BCUT2D eigenvalue weighted by Gasteiger charge is 2.43. The van der Waals surface area contributed by atoms with Crippen LogP contribution in [-0.2, 0) is 9.53 Å². The maximum absolute atomic E-state index is 12.6. The zero-order valence-corrected chi connectivity index (χ0v) is 11.0. The first-order chi connectivity index (χ1) is 9.18. The number of morpholine rings is 1. The number of hydrogen-bond donors (Lipinski definition) is 1. The zero-order valence-electron chi connectivity index (χ0n) is 11.0. The highest BCUT2D eigenvalue weighted by Crippen LogP contribution is 2.31. The molecule has 1 saturated carbocycles. The van der Waals surface area contributed by atoms with Crippen molar-refractivity contribution >= 4 is 12.0 Å². The zero-order chi connectivity index (χ0) is 13.4. The van der Waals surface area contributed by atoms with Crippen molar-refractivity contribution in [2.24, 2.45) is 0 Å². The van der Waals surface area contributed by atoms with E-state index in [2.05, 4.69) is 0 Å². The molecule has 1 aliphatic carbocycles. The number of nitrogens with zero attached hydrogens (tertiary/aromatic N) is 2. The summed E-state index contributed by atoms with van der Waals surface area (Å²) in [6.07, 6.45) is 4.57. The van der Waals surface area contributed by atoms with E-state index in [4.69, 9.17) is 4.74 Å². The number of aliphatic carboxylic acids is 1. The van der Waals surface area contributed by atoms with Gasteiger partial charge in [0.05, 0.1) is 18.8 Å². The third kappa shape index (κ3) is 2.18. The molecule has 3 atom stereocenters. The number of carboxylic acids is 1. The van der Waals surface area contributed by atoms with Gasteiger partial charge in [0.15, 0.2) is 0 Å². The van der Waals surface area contributed by atoms with Crippen LogP contribution in [-0.4, -0.2) is 64.8 Å². The van der Waals surface area contributed by atoms with Gasteiger partial charge < -0.3 is 19.6 Å². The molecule has 3 fully saturated rings. The van der Waals surface area contributed by atoms with Gasteiger partial charge in [0.2, 0.25) is 0 Å². The molecule has 3 unspecified atom stereocenters. The normalized spacial score (nSPS) is 34.4. The molecule has 2 amide bonds. The fourth-order valence-electron chi connectivity index (χ4n) is 3.58. The topological polar surface area (TPSA) is 70.1 Å². The maximum atomic E-state index is 12.6. The maximum Gasteiger partial charge on any atom is 0.326 e. The number of carbonyl (C=O) groups is 2. The van der Waals surface area contributed by atoms with Gasteiger partial charge in [-0.25, -0.2) is 9.59 Å². The van der Waals surface area contributed by atoms with Gasteiger partial charge in [0.25, 0.3) is 0 Å². The molecule has 6 heteroatoms. The molecule has 19 heavy (non-hydrogen) atoms. The Morgan fingerprint density at radius 2 is 1.89 bits per heavy atom. The quantitative estimate of drug-likeness (QED) is 0.767. The van der Waals surface area contributed by atoms with Crippen molar-refractivity contribution in [3.05, 3.63) is 0 Å². The van der Waals surface area contributed by atoms with Crippen LogP contribution in [0.4, 0.5) is 4.79 Å². The summed E-state index contributed by atoms with van der Waals surface area (Å²) in [7, 11) is 0. The van der Waals surface area contributed by atoms with Crippen molar-refractivity contribution in [2.75, 3.05) is 19.7 Å². The summed E-state index contributed by atoms with van der Waals surface area (Å²) in [6.45, 7) is 1.71. The summed E-state index contributed by atoms with van der Waals surface area (Å²) in [6, 6.07) is -0.600. The summed E-state index contributed by atoms with van der Waals surface area (Å²) in [4.78, 5) is 27.2. The number of amides is 2. The molecule has 106 valence electrons. The third-order valence-electron chi connectivity index (χ3n) is 4.51. The van der Waals surface area contributed by atoms with Crippen molar-refractivity contribution in [1.29, 1.82) is 0 Å². The highest BCUT2D eigenvalue weighted by molar-refractivity contribution is 5.83. The van der Waals surface area contributed by atoms with Crippen LogP contribution in [0.2, 0.25) is 0 Å². The number of likely N-dealkylation sites (tertiary alicyclic amines) is 1. The summed E-state index contributed by atoms with van der Waals surface area (Å²) in [5, 5.41) is 9.18. The first-order valence-corrected chi connectivity index (χ1v) is 7.10. The van der Waals surface area contributed by atoms with Gasteiger partial charge in [-0.2, -0.15) is 0 Å². The lowest BCUT2D eigenvalue weighted by Crippen LogP contribution is -2.57. The molecule has 3 rings (SSSR count). The Hall–Kier alpha value is -1.30. The van der Waals surface area contributed by atoms with Crippen molar-refractivity contribution in [3.63, 3.8) is 0 Å². The standard InChI is InChI=1S/C13H20N2O4/c16-12(17)10-4-2-6-14(10)13(18)15-7-8-19-11-5-1-3-9(11)15/h9-11H,1-8H2,(H,16,17). The van der Waals surface area contributed by atoms with Gasteiger partial charge in [-0.1, -0.05) is 0 Å². The molecule has 0 aromatic rings. The van der Waals surface area contributed by atoms with E-state index < -0.39 is 12.0 Å². The van der Waals surface area contributed by atoms with Gasteiger partial charge in [0, 0.05) is 13.1 Å². The Kier molecular flexibility index (Phi) is 3.35. The second kappa shape index (κ2) is 5.00. The van der Waals surface area contributed by atoms with E-state index in [1.54, 1.807) is 0 Å². The first kappa shape index (κ1) is 12.7. The van der Waals surface area contributed by atoms with Crippen LogP contribution in [0.5, 0.6) is 0 Å². The van der Waals surface area contributed by atoms with Crippen molar-refractivity contribution < 1.29 is 19.4 Å². The molecule has 0 aromatic carbocycles. The molecule has 3 aliphatic rings. The summed E-state index contributed by atoms with van der Waals surface area (Å²) < 4.78 is 5.69. The molecule has 0 aromatic heterocycles. The minimum atomic E-state index is -0.887. The van der Waals surface area contributed by atoms with Gasteiger partial charge in [0.1, 0.15) is 6.04 Å². The summed E-state index contributed by atoms with van der Waals surface area (Å²) >= 11 is 0. The molecule has 2 aliphatic heterocycles. The summed E-state index contributed by atoms with van der Waals surface area (Å²) in [5.74, 6) is -0.887. The Bertz CT molecular complexity index is 387. The molecule has 2 heterocycles. The number of ether oxygens (including phenoxy) is 1. The van der Waals surface area contributed by atoms with Crippen molar-refractivity contribution in [1.82, 2.24) is 9.80 Å². The van der Waals surface area contributed by atoms with E-state index in [0.29, 0.717) is 26.1 Å². The lowest BCUT2D eigenvalue weighted by molar-refractivity contribution is -0.141. The van der Waals surface area contributed by atoms with E-state index in [9.17, 15) is 14.7 Å². The van der Waals surface area contributed by atoms with E-state index >= 15 is 0 Å². The number of carbonyl (C=O) groups excluding carboxylic acids is 1. The van der Waals surface area contributed by atoms with E-state index in [0.717, 1.165) is 25.7 Å². The molecule has 0 spiro atoms. The molecule has 1 N–H and O–H groups in total. The SMILES string of the molecule is O=C(O)C1CCCN1C(=O)N1CCOC2CCCC21. The molecular formula is C13H20N2O4. The van der Waals surface area contributed by atoms with Crippen molar-refractivity contribution in [3.8, 4) is 0 Å². The second-order valence-corrected chi connectivity index (χ2v) is 5.57. The summed E-state index contributed by atoms with van der Waals surface area (Å²) in [5.41, 5.74) is 0. The number of carboxylic acid groups (broad SMARTS) is 1. The molecule has 0 bridgehead atoms. The lowest BCUT2D eigenvalue weighted by Gasteiger charge is -2.40. The van der Waals surface area contributed by atoms with E-state index in [1.807, 2.05) is 4.90 Å². The van der Waals surface area contributed by atoms with Crippen LogP contribution in [0.15, 0.2) is 0 Å². The molecule has 0 radical (unpaired) electrons.